The second-order valence-corrected chi connectivity index (χ2v) is 2.42. The Morgan fingerprint density at radius 2 is 2.50 bits per heavy atom. The first-order chi connectivity index (χ1) is 4.86. The molecule has 1 aliphatic carbocycles. The molecule has 1 aliphatic rings. The summed E-state index contributed by atoms with van der Waals surface area (Å²) in [5, 5.41) is 8.25. The largest absolute Gasteiger partial charge is 0.378 e. The Morgan fingerprint density at radius 1 is 1.80 bits per heavy atom. The van der Waals surface area contributed by atoms with E-state index in [1.165, 1.54) is 5.57 Å². The van der Waals surface area contributed by atoms with Gasteiger partial charge < -0.3 is 4.74 Å². The van der Waals surface area contributed by atoms with Crippen molar-refractivity contribution < 1.29 is 4.74 Å². The van der Waals surface area contributed by atoms with Crippen LogP contribution in [0.15, 0.2) is 11.6 Å². The molecule has 2 heteroatoms. The second kappa shape index (κ2) is 3.38. The first-order valence-corrected chi connectivity index (χ1v) is 3.56. The lowest BCUT2D eigenvalue weighted by molar-refractivity contribution is 0.0370. The third-order valence-corrected chi connectivity index (χ3v) is 1.65. The molecule has 0 aromatic heterocycles. The second-order valence-electron chi connectivity index (χ2n) is 2.42. The van der Waals surface area contributed by atoms with Gasteiger partial charge in [0.1, 0.15) is 0 Å². The monoisotopic (exact) mass is 137 g/mol. The number of ether oxygens (including phenoxy) is 1. The van der Waals surface area contributed by atoms with Crippen LogP contribution < -0.4 is 0 Å². The average Bonchev–Trinajstić information content (AvgIpc) is 1.84. The molecule has 2 nitrogen and oxygen atoms in total. The van der Waals surface area contributed by atoms with Gasteiger partial charge in [0, 0.05) is 12.7 Å². The molecule has 0 radical (unpaired) electrons. The number of nitriles is 1. The zero-order valence-electron chi connectivity index (χ0n) is 6.13. The molecule has 0 aromatic carbocycles. The van der Waals surface area contributed by atoms with Gasteiger partial charge in [-0.15, -0.1) is 0 Å². The summed E-state index contributed by atoms with van der Waals surface area (Å²) in [5.74, 6) is 0. The Kier molecular flexibility index (Phi) is 2.47. The lowest BCUT2D eigenvalue weighted by Crippen LogP contribution is -2.24. The highest BCUT2D eigenvalue weighted by molar-refractivity contribution is 5.21. The minimum absolute atomic E-state index is 0.393. The Balaban J connectivity index is 2.19. The fourth-order valence-corrected chi connectivity index (χ4v) is 1.09. The minimum Gasteiger partial charge on any atom is -0.378 e. The summed E-state index contributed by atoms with van der Waals surface area (Å²) >= 11 is 0. The summed E-state index contributed by atoms with van der Waals surface area (Å²) in [5.41, 5.74) is 1.22. The molecule has 0 amide bonds. The van der Waals surface area contributed by atoms with E-state index in [2.05, 4.69) is 0 Å². The Labute approximate surface area is 61.1 Å². The van der Waals surface area contributed by atoms with E-state index in [1.54, 1.807) is 6.08 Å². The average molecular weight is 137 g/mol. The highest BCUT2D eigenvalue weighted by Crippen LogP contribution is 2.28. The van der Waals surface area contributed by atoms with Crippen LogP contribution in [0.3, 0.4) is 0 Å². The number of hydrogen-bond donors (Lipinski definition) is 0. The number of allylic oxidation sites excluding steroid dienone is 1. The van der Waals surface area contributed by atoms with Gasteiger partial charge in [-0.25, -0.2) is 0 Å². The van der Waals surface area contributed by atoms with Gasteiger partial charge in [0.05, 0.1) is 12.2 Å². The van der Waals surface area contributed by atoms with Crippen molar-refractivity contribution in [2.24, 2.45) is 0 Å². The molecule has 10 heavy (non-hydrogen) atoms. The first-order valence-electron chi connectivity index (χ1n) is 3.56. The van der Waals surface area contributed by atoms with Crippen LogP contribution in [0.2, 0.25) is 0 Å². The van der Waals surface area contributed by atoms with Crippen LogP contribution in [-0.4, -0.2) is 12.7 Å². The lowest BCUT2D eigenvalue weighted by Gasteiger charge is -2.27. The smallest absolute Gasteiger partial charge is 0.0911 e. The molecule has 0 atom stereocenters. The molecule has 0 unspecified atom stereocenters. The molecular formula is C8H11NO. The predicted molar refractivity (Wildman–Crippen MR) is 38.3 cm³/mol. The molecule has 0 spiro atoms. The van der Waals surface area contributed by atoms with E-state index in [1.807, 2.05) is 13.0 Å². The normalized spacial score (nSPS) is 23.2. The van der Waals surface area contributed by atoms with Crippen molar-refractivity contribution in [1.82, 2.24) is 0 Å². The zero-order valence-corrected chi connectivity index (χ0v) is 6.13. The number of nitrogens with zero attached hydrogens (tertiary/aromatic N) is 1. The molecular weight excluding hydrogens is 126 g/mol. The van der Waals surface area contributed by atoms with Gasteiger partial charge >= 0.3 is 0 Å². The van der Waals surface area contributed by atoms with Crippen LogP contribution in [0.4, 0.5) is 0 Å². The lowest BCUT2D eigenvalue weighted by atomic mass is 9.89. The first kappa shape index (κ1) is 7.30. The summed E-state index contributed by atoms with van der Waals surface area (Å²) in [4.78, 5) is 0. The van der Waals surface area contributed by atoms with Crippen molar-refractivity contribution in [2.45, 2.75) is 25.9 Å². The minimum atomic E-state index is 0.393. The van der Waals surface area contributed by atoms with Gasteiger partial charge in [-0.1, -0.05) is 5.57 Å². The molecule has 0 bridgehead atoms. The third kappa shape index (κ3) is 1.58. The van der Waals surface area contributed by atoms with Crippen LogP contribution in [0.25, 0.3) is 0 Å². The van der Waals surface area contributed by atoms with Crippen molar-refractivity contribution in [3.8, 4) is 6.07 Å². The molecule has 1 saturated carbocycles. The van der Waals surface area contributed by atoms with Crippen LogP contribution in [-0.2, 0) is 4.74 Å². The summed E-state index contributed by atoms with van der Waals surface area (Å²) in [6, 6.07) is 2.01. The van der Waals surface area contributed by atoms with Crippen LogP contribution in [0.1, 0.15) is 19.8 Å². The van der Waals surface area contributed by atoms with E-state index >= 15 is 0 Å². The van der Waals surface area contributed by atoms with Crippen molar-refractivity contribution >= 4 is 0 Å². The topological polar surface area (TPSA) is 33.0 Å². The Bertz CT molecular complexity index is 170. The van der Waals surface area contributed by atoms with Gasteiger partial charge in [-0.3, -0.25) is 0 Å². The summed E-state index contributed by atoms with van der Waals surface area (Å²) in [7, 11) is 0. The van der Waals surface area contributed by atoms with E-state index in [0.717, 1.165) is 19.4 Å². The molecule has 1 rings (SSSR count). The van der Waals surface area contributed by atoms with Crippen LogP contribution in [0.5, 0.6) is 0 Å². The van der Waals surface area contributed by atoms with E-state index in [9.17, 15) is 0 Å². The van der Waals surface area contributed by atoms with Gasteiger partial charge in [-0.05, 0) is 19.8 Å². The van der Waals surface area contributed by atoms with Crippen molar-refractivity contribution in [1.29, 1.82) is 5.26 Å². The van der Waals surface area contributed by atoms with E-state index < -0.39 is 0 Å². The van der Waals surface area contributed by atoms with E-state index in [-0.39, 0.29) is 0 Å². The summed E-state index contributed by atoms with van der Waals surface area (Å²) in [6.07, 6.45) is 3.93. The maximum absolute atomic E-state index is 8.25. The van der Waals surface area contributed by atoms with Crippen molar-refractivity contribution in [3.05, 3.63) is 11.6 Å². The van der Waals surface area contributed by atoms with Gasteiger partial charge in [-0.2, -0.15) is 5.26 Å². The van der Waals surface area contributed by atoms with Crippen LogP contribution >= 0.6 is 0 Å². The Hall–Kier alpha value is -0.810. The number of rotatable bonds is 2. The SMILES string of the molecule is CCOC1CC(=CC#N)C1. The number of hydrogen-bond acceptors (Lipinski definition) is 2. The van der Waals surface area contributed by atoms with Gasteiger partial charge in [0.2, 0.25) is 0 Å². The van der Waals surface area contributed by atoms with E-state index in [4.69, 9.17) is 10.00 Å². The molecule has 0 aromatic rings. The summed E-state index contributed by atoms with van der Waals surface area (Å²) < 4.78 is 5.30. The molecule has 0 N–H and O–H groups in total. The van der Waals surface area contributed by atoms with Gasteiger partial charge in [0.15, 0.2) is 0 Å². The Morgan fingerprint density at radius 3 is 3.00 bits per heavy atom. The predicted octanol–water partition coefficient (Wildman–Crippen LogP) is 1.64. The molecule has 0 saturated heterocycles. The highest BCUT2D eigenvalue weighted by Gasteiger charge is 2.22. The fraction of sp³-hybridized carbons (Fsp3) is 0.625. The summed E-state index contributed by atoms with van der Waals surface area (Å²) in [6.45, 7) is 2.77. The quantitative estimate of drug-likeness (QED) is 0.542. The van der Waals surface area contributed by atoms with Crippen molar-refractivity contribution in [3.63, 3.8) is 0 Å². The maximum Gasteiger partial charge on any atom is 0.0911 e. The highest BCUT2D eigenvalue weighted by atomic mass is 16.5. The standard InChI is InChI=1S/C8H11NO/c1-2-10-8-5-7(6-8)3-4-9/h3,8H,2,5-6H2,1H3. The molecule has 1 fully saturated rings. The van der Waals surface area contributed by atoms with Gasteiger partial charge in [0.25, 0.3) is 0 Å². The van der Waals surface area contributed by atoms with Crippen LogP contribution in [0, 0.1) is 11.3 Å². The molecule has 0 aliphatic heterocycles. The zero-order chi connectivity index (χ0) is 7.40. The van der Waals surface area contributed by atoms with E-state index in [0.29, 0.717) is 6.10 Å². The molecule has 0 heterocycles. The van der Waals surface area contributed by atoms with Crippen molar-refractivity contribution in [2.75, 3.05) is 6.61 Å². The third-order valence-electron chi connectivity index (χ3n) is 1.65. The molecule has 54 valence electrons. The maximum atomic E-state index is 8.25. The fourth-order valence-electron chi connectivity index (χ4n) is 1.09.